The summed E-state index contributed by atoms with van der Waals surface area (Å²) in [6, 6.07) is 0.336. The van der Waals surface area contributed by atoms with Gasteiger partial charge in [-0.3, -0.25) is 9.48 Å². The van der Waals surface area contributed by atoms with Crippen molar-refractivity contribution in [3.8, 4) is 0 Å². The maximum Gasteiger partial charge on any atom is 0.224 e. The number of rotatable bonds is 7. The predicted octanol–water partition coefficient (Wildman–Crippen LogP) is 0.974. The first-order chi connectivity index (χ1) is 12.8. The van der Waals surface area contributed by atoms with Crippen LogP contribution in [0.25, 0.3) is 0 Å². The number of likely N-dealkylation sites (tertiary alicyclic amines) is 1. The maximum absolute atomic E-state index is 12.4. The fraction of sp³-hybridized carbons (Fsp3) is 0.737. The number of nitrogens with zero attached hydrogens (tertiary/aromatic N) is 4. The number of piperidine rings is 1. The fourth-order valence-electron chi connectivity index (χ4n) is 3.27. The van der Waals surface area contributed by atoms with Crippen LogP contribution in [0.2, 0.25) is 0 Å². The van der Waals surface area contributed by atoms with E-state index in [1.807, 2.05) is 18.9 Å². The van der Waals surface area contributed by atoms with Crippen LogP contribution in [0.15, 0.2) is 17.4 Å². The van der Waals surface area contributed by atoms with Gasteiger partial charge in [-0.05, 0) is 40.0 Å². The zero-order valence-electron chi connectivity index (χ0n) is 17.0. The molecule has 0 saturated carbocycles. The second-order valence-electron chi connectivity index (χ2n) is 7.48. The highest BCUT2D eigenvalue weighted by Crippen LogP contribution is 2.20. The second kappa shape index (κ2) is 9.73. The lowest BCUT2D eigenvalue weighted by atomic mass is 10.0. The van der Waals surface area contributed by atoms with E-state index in [1.54, 1.807) is 24.0 Å². The summed E-state index contributed by atoms with van der Waals surface area (Å²) in [6.07, 6.45) is 7.26. The van der Waals surface area contributed by atoms with E-state index in [4.69, 9.17) is 0 Å². The summed E-state index contributed by atoms with van der Waals surface area (Å²) in [4.78, 5) is 18.9. The summed E-state index contributed by atoms with van der Waals surface area (Å²) < 4.78 is 1.66. The van der Waals surface area contributed by atoms with Crippen LogP contribution in [-0.4, -0.2) is 63.9 Å². The standard InChI is InChI=1S/C19H34N6O2/c1-5-20-18(22-14-19(3,27)16-12-23-24(4)13-16)21-10-9-17(26)25-11-7-6-8-15(25)2/h12-13,15,27H,5-11,14H2,1-4H3,(H2,20,21,22). The Morgan fingerprint density at radius 3 is 2.85 bits per heavy atom. The van der Waals surface area contributed by atoms with E-state index in [0.717, 1.165) is 24.9 Å². The number of hydrogen-bond acceptors (Lipinski definition) is 4. The highest BCUT2D eigenvalue weighted by molar-refractivity contribution is 5.81. The lowest BCUT2D eigenvalue weighted by molar-refractivity contribution is -0.134. The quantitative estimate of drug-likeness (QED) is 0.486. The minimum absolute atomic E-state index is 0.188. The largest absolute Gasteiger partial charge is 0.383 e. The molecule has 2 atom stereocenters. The zero-order valence-corrected chi connectivity index (χ0v) is 17.0. The SMILES string of the molecule is CCNC(=NCC(C)(O)c1cnn(C)c1)NCCC(=O)N1CCCCC1C. The van der Waals surface area contributed by atoms with Crippen molar-refractivity contribution < 1.29 is 9.90 Å². The molecule has 0 radical (unpaired) electrons. The van der Waals surface area contributed by atoms with Crippen LogP contribution in [0.4, 0.5) is 0 Å². The Hall–Kier alpha value is -2.09. The third-order valence-corrected chi connectivity index (χ3v) is 4.97. The molecule has 1 aromatic heterocycles. The molecule has 2 rings (SSSR count). The minimum atomic E-state index is -1.10. The number of nitrogens with one attached hydrogen (secondary N) is 2. The predicted molar refractivity (Wildman–Crippen MR) is 106 cm³/mol. The number of aryl methyl sites for hydroxylation is 1. The summed E-state index contributed by atoms with van der Waals surface area (Å²) in [5.41, 5.74) is -0.380. The Labute approximate surface area is 162 Å². The van der Waals surface area contributed by atoms with Crippen LogP contribution in [0, 0.1) is 0 Å². The molecule has 0 aliphatic carbocycles. The van der Waals surface area contributed by atoms with Gasteiger partial charge >= 0.3 is 0 Å². The molecular formula is C19H34N6O2. The molecule has 0 aromatic carbocycles. The number of amides is 1. The van der Waals surface area contributed by atoms with Crippen molar-refractivity contribution in [3.05, 3.63) is 18.0 Å². The summed E-state index contributed by atoms with van der Waals surface area (Å²) >= 11 is 0. The van der Waals surface area contributed by atoms with Gasteiger partial charge in [-0.15, -0.1) is 0 Å². The van der Waals surface area contributed by atoms with Crippen LogP contribution >= 0.6 is 0 Å². The van der Waals surface area contributed by atoms with Crippen molar-refractivity contribution in [1.29, 1.82) is 0 Å². The van der Waals surface area contributed by atoms with Gasteiger partial charge in [0.05, 0.1) is 12.7 Å². The normalized spacial score (nSPS) is 20.3. The van der Waals surface area contributed by atoms with Crippen molar-refractivity contribution in [1.82, 2.24) is 25.3 Å². The highest BCUT2D eigenvalue weighted by Gasteiger charge is 2.25. The fourth-order valence-corrected chi connectivity index (χ4v) is 3.27. The van der Waals surface area contributed by atoms with Crippen LogP contribution in [0.5, 0.6) is 0 Å². The molecule has 1 aromatic rings. The Kier molecular flexibility index (Phi) is 7.65. The monoisotopic (exact) mass is 378 g/mol. The Morgan fingerprint density at radius 1 is 1.44 bits per heavy atom. The van der Waals surface area contributed by atoms with Crippen molar-refractivity contribution in [2.24, 2.45) is 12.0 Å². The molecule has 1 fully saturated rings. The van der Waals surface area contributed by atoms with E-state index in [1.165, 1.54) is 6.42 Å². The molecule has 1 amide bonds. The van der Waals surface area contributed by atoms with Crippen molar-refractivity contribution in [3.63, 3.8) is 0 Å². The highest BCUT2D eigenvalue weighted by atomic mass is 16.3. The van der Waals surface area contributed by atoms with E-state index in [0.29, 0.717) is 31.5 Å². The summed E-state index contributed by atoms with van der Waals surface area (Å²) in [5.74, 6) is 0.786. The number of carbonyl (C=O) groups is 1. The molecule has 27 heavy (non-hydrogen) atoms. The lowest BCUT2D eigenvalue weighted by Gasteiger charge is -2.33. The van der Waals surface area contributed by atoms with Gasteiger partial charge in [0.25, 0.3) is 0 Å². The minimum Gasteiger partial charge on any atom is -0.383 e. The molecule has 3 N–H and O–H groups in total. The first-order valence-corrected chi connectivity index (χ1v) is 9.86. The van der Waals surface area contributed by atoms with Gasteiger partial charge in [0.2, 0.25) is 5.91 Å². The molecule has 152 valence electrons. The molecule has 0 spiro atoms. The molecule has 1 saturated heterocycles. The van der Waals surface area contributed by atoms with E-state index in [2.05, 4.69) is 27.6 Å². The second-order valence-corrected chi connectivity index (χ2v) is 7.48. The van der Waals surface area contributed by atoms with E-state index < -0.39 is 5.60 Å². The zero-order chi connectivity index (χ0) is 19.9. The van der Waals surface area contributed by atoms with E-state index in [9.17, 15) is 9.90 Å². The van der Waals surface area contributed by atoms with Crippen molar-refractivity contribution in [2.75, 3.05) is 26.2 Å². The average molecular weight is 379 g/mol. The van der Waals surface area contributed by atoms with E-state index in [-0.39, 0.29) is 12.5 Å². The first-order valence-electron chi connectivity index (χ1n) is 9.86. The maximum atomic E-state index is 12.4. The number of aromatic nitrogens is 2. The third kappa shape index (κ3) is 6.23. The Balaban J connectivity index is 1.87. The van der Waals surface area contributed by atoms with Crippen molar-refractivity contribution in [2.45, 2.75) is 58.1 Å². The smallest absolute Gasteiger partial charge is 0.224 e. The molecule has 2 heterocycles. The molecule has 0 bridgehead atoms. The molecule has 8 heteroatoms. The third-order valence-electron chi connectivity index (χ3n) is 4.97. The first kappa shape index (κ1) is 21.2. The van der Waals surface area contributed by atoms with Gasteiger partial charge < -0.3 is 20.6 Å². The Bertz CT molecular complexity index is 640. The van der Waals surface area contributed by atoms with E-state index >= 15 is 0 Å². The van der Waals surface area contributed by atoms with Gasteiger partial charge in [-0.1, -0.05) is 0 Å². The number of guanidine groups is 1. The van der Waals surface area contributed by atoms with Crippen LogP contribution in [0.1, 0.15) is 52.0 Å². The van der Waals surface area contributed by atoms with Gasteiger partial charge in [-0.25, -0.2) is 4.99 Å². The van der Waals surface area contributed by atoms with Gasteiger partial charge in [0.15, 0.2) is 5.96 Å². The summed E-state index contributed by atoms with van der Waals surface area (Å²) in [5, 5.41) is 21.1. The van der Waals surface area contributed by atoms with Crippen LogP contribution in [0.3, 0.4) is 0 Å². The van der Waals surface area contributed by atoms with Gasteiger partial charge in [-0.2, -0.15) is 5.10 Å². The number of hydrogen-bond donors (Lipinski definition) is 3. The molecule has 1 aliphatic rings. The topological polar surface area (TPSA) is 94.8 Å². The van der Waals surface area contributed by atoms with Gasteiger partial charge in [0, 0.05) is 50.9 Å². The number of aliphatic hydroxyl groups is 1. The van der Waals surface area contributed by atoms with Crippen LogP contribution < -0.4 is 10.6 Å². The summed E-state index contributed by atoms with van der Waals surface area (Å²) in [7, 11) is 1.81. The molecular weight excluding hydrogens is 344 g/mol. The molecule has 1 aliphatic heterocycles. The summed E-state index contributed by atoms with van der Waals surface area (Å²) in [6.45, 7) is 8.11. The average Bonchev–Trinajstić information content (AvgIpc) is 3.07. The number of carbonyl (C=O) groups excluding carboxylic acids is 1. The Morgan fingerprint density at radius 2 is 2.22 bits per heavy atom. The number of aliphatic imine (C=N–C) groups is 1. The van der Waals surface area contributed by atoms with Crippen LogP contribution in [-0.2, 0) is 17.4 Å². The molecule has 8 nitrogen and oxygen atoms in total. The molecule has 2 unspecified atom stereocenters. The van der Waals surface area contributed by atoms with Crippen molar-refractivity contribution >= 4 is 11.9 Å². The van der Waals surface area contributed by atoms with Gasteiger partial charge in [0.1, 0.15) is 5.60 Å². The lowest BCUT2D eigenvalue weighted by Crippen LogP contribution is -2.44.